The number of hydrogen-bond donors (Lipinski definition) is 0. The van der Waals surface area contributed by atoms with Crippen molar-refractivity contribution in [3.05, 3.63) is 101 Å². The minimum atomic E-state index is -0.305. The maximum absolute atomic E-state index is 13.7. The lowest BCUT2D eigenvalue weighted by atomic mass is 10.1. The fourth-order valence-corrected chi connectivity index (χ4v) is 4.03. The molecule has 0 amide bonds. The largest absolute Gasteiger partial charge is 0.454 e. The third kappa shape index (κ3) is 3.95. The van der Waals surface area contributed by atoms with Crippen molar-refractivity contribution in [1.29, 1.82) is 0 Å². The van der Waals surface area contributed by atoms with E-state index in [1.807, 2.05) is 60.8 Å². The Balaban J connectivity index is 1.70. The number of pyridine rings is 1. The van der Waals surface area contributed by atoms with Crippen LogP contribution in [0.25, 0.3) is 22.4 Å². The summed E-state index contributed by atoms with van der Waals surface area (Å²) >= 11 is 1.44. The van der Waals surface area contributed by atoms with Gasteiger partial charge >= 0.3 is 0 Å². The van der Waals surface area contributed by atoms with Crippen molar-refractivity contribution in [1.82, 2.24) is 9.66 Å². The fourth-order valence-electron chi connectivity index (χ4n) is 3.20. The SMILES string of the molecule is CC(=Nn1c(-c2cc3ccccc3o2)csc1=Nc1cccnc1)c1cccc(F)c1. The molecule has 3 heterocycles. The van der Waals surface area contributed by atoms with Crippen molar-refractivity contribution >= 4 is 33.7 Å². The monoisotopic (exact) mass is 428 g/mol. The smallest absolute Gasteiger partial charge is 0.211 e. The summed E-state index contributed by atoms with van der Waals surface area (Å²) in [4.78, 5) is 9.48. The van der Waals surface area contributed by atoms with Crippen molar-refractivity contribution < 1.29 is 8.81 Å². The molecule has 5 aromatic rings. The van der Waals surface area contributed by atoms with Crippen LogP contribution in [0.15, 0.2) is 99.0 Å². The van der Waals surface area contributed by atoms with Crippen molar-refractivity contribution in [3.63, 3.8) is 0 Å². The topological polar surface area (TPSA) is 55.7 Å². The Morgan fingerprint density at radius 2 is 1.97 bits per heavy atom. The van der Waals surface area contributed by atoms with Gasteiger partial charge in [0.2, 0.25) is 4.80 Å². The van der Waals surface area contributed by atoms with E-state index in [0.717, 1.165) is 16.7 Å². The molecule has 31 heavy (non-hydrogen) atoms. The average Bonchev–Trinajstić information content (AvgIpc) is 3.38. The molecule has 0 atom stereocenters. The van der Waals surface area contributed by atoms with E-state index < -0.39 is 0 Å². The summed E-state index contributed by atoms with van der Waals surface area (Å²) in [5.41, 5.74) is 3.63. The second-order valence-electron chi connectivity index (χ2n) is 6.88. The summed E-state index contributed by atoms with van der Waals surface area (Å²) in [6.45, 7) is 1.84. The molecular weight excluding hydrogens is 411 g/mol. The van der Waals surface area contributed by atoms with Gasteiger partial charge in [0.05, 0.1) is 17.6 Å². The first-order valence-corrected chi connectivity index (χ1v) is 10.5. The molecule has 7 heteroatoms. The first-order valence-electron chi connectivity index (χ1n) is 9.63. The maximum atomic E-state index is 13.7. The van der Waals surface area contributed by atoms with Crippen LogP contribution in [0.1, 0.15) is 12.5 Å². The Labute approximate surface area is 181 Å². The number of para-hydroxylation sites is 1. The third-order valence-corrected chi connectivity index (χ3v) is 5.54. The van der Waals surface area contributed by atoms with Gasteiger partial charge in [0, 0.05) is 22.5 Å². The van der Waals surface area contributed by atoms with Gasteiger partial charge in [0.15, 0.2) is 5.76 Å². The van der Waals surface area contributed by atoms with E-state index in [1.54, 1.807) is 23.1 Å². The number of aromatic nitrogens is 2. The summed E-state index contributed by atoms with van der Waals surface area (Å²) in [5.74, 6) is 0.376. The molecule has 0 N–H and O–H groups in total. The maximum Gasteiger partial charge on any atom is 0.211 e. The second-order valence-corrected chi connectivity index (χ2v) is 7.72. The zero-order valence-corrected chi connectivity index (χ0v) is 17.4. The molecule has 2 aromatic carbocycles. The zero-order chi connectivity index (χ0) is 21.2. The van der Waals surface area contributed by atoms with E-state index in [1.165, 1.54) is 23.5 Å². The average molecular weight is 428 g/mol. The number of fused-ring (bicyclic) bond motifs is 1. The molecule has 0 aliphatic rings. The van der Waals surface area contributed by atoms with Crippen LogP contribution in [0.5, 0.6) is 0 Å². The van der Waals surface area contributed by atoms with Crippen LogP contribution >= 0.6 is 11.3 Å². The molecule has 0 bridgehead atoms. The second kappa shape index (κ2) is 8.12. The van der Waals surface area contributed by atoms with Gasteiger partial charge in [-0.1, -0.05) is 30.3 Å². The Hall–Kier alpha value is -3.84. The lowest BCUT2D eigenvalue weighted by molar-refractivity contribution is 0.621. The van der Waals surface area contributed by atoms with E-state index >= 15 is 0 Å². The summed E-state index contributed by atoms with van der Waals surface area (Å²) in [6, 6.07) is 19.9. The van der Waals surface area contributed by atoms with Gasteiger partial charge in [-0.05, 0) is 43.3 Å². The van der Waals surface area contributed by atoms with Gasteiger partial charge in [0.1, 0.15) is 17.1 Å². The quantitative estimate of drug-likeness (QED) is 0.330. The van der Waals surface area contributed by atoms with Gasteiger partial charge in [-0.3, -0.25) is 4.98 Å². The molecule has 0 unspecified atom stereocenters. The molecule has 5 rings (SSSR count). The Morgan fingerprint density at radius 3 is 2.77 bits per heavy atom. The first-order chi connectivity index (χ1) is 15.2. The van der Waals surface area contributed by atoms with Gasteiger partial charge in [-0.2, -0.15) is 5.10 Å². The lowest BCUT2D eigenvalue weighted by Crippen LogP contribution is -2.13. The molecule has 0 aliphatic carbocycles. The number of rotatable bonds is 4. The number of nitrogens with zero attached hydrogens (tertiary/aromatic N) is 4. The predicted octanol–water partition coefficient (Wildman–Crippen LogP) is 6.00. The molecule has 0 aliphatic heterocycles. The number of thiazole rings is 1. The van der Waals surface area contributed by atoms with Crippen LogP contribution in [0, 0.1) is 5.82 Å². The number of halogens is 1. The first kappa shape index (κ1) is 19.1. The van der Waals surface area contributed by atoms with Crippen LogP contribution in [0.2, 0.25) is 0 Å². The Bertz CT molecular complexity index is 1430. The highest BCUT2D eigenvalue weighted by Gasteiger charge is 2.14. The van der Waals surface area contributed by atoms with Crippen molar-refractivity contribution in [2.75, 3.05) is 0 Å². The number of furan rings is 1. The number of hydrogen-bond acceptors (Lipinski definition) is 5. The lowest BCUT2D eigenvalue weighted by Gasteiger charge is -2.05. The molecule has 0 saturated heterocycles. The predicted molar refractivity (Wildman–Crippen MR) is 121 cm³/mol. The molecule has 0 fully saturated rings. The van der Waals surface area contributed by atoms with Crippen molar-refractivity contribution in [2.24, 2.45) is 10.1 Å². The fraction of sp³-hybridized carbons (Fsp3) is 0.0417. The van der Waals surface area contributed by atoms with E-state index in [-0.39, 0.29) is 5.82 Å². The summed E-state index contributed by atoms with van der Waals surface area (Å²) in [7, 11) is 0. The minimum Gasteiger partial charge on any atom is -0.454 e. The summed E-state index contributed by atoms with van der Waals surface area (Å²) < 4.78 is 21.5. The molecule has 0 saturated carbocycles. The molecular formula is C24H17FN4OS. The van der Waals surface area contributed by atoms with Crippen LogP contribution in [-0.2, 0) is 0 Å². The minimum absolute atomic E-state index is 0.305. The molecule has 152 valence electrons. The normalized spacial score (nSPS) is 12.6. The zero-order valence-electron chi connectivity index (χ0n) is 16.6. The van der Waals surface area contributed by atoms with E-state index in [9.17, 15) is 4.39 Å². The van der Waals surface area contributed by atoms with Crippen molar-refractivity contribution in [2.45, 2.75) is 6.92 Å². The molecule has 0 spiro atoms. The van der Waals surface area contributed by atoms with Crippen LogP contribution in [0.4, 0.5) is 10.1 Å². The van der Waals surface area contributed by atoms with Gasteiger partial charge in [0.25, 0.3) is 0 Å². The molecule has 0 radical (unpaired) electrons. The van der Waals surface area contributed by atoms with E-state index in [2.05, 4.69) is 4.98 Å². The number of benzene rings is 2. The van der Waals surface area contributed by atoms with Crippen LogP contribution in [0.3, 0.4) is 0 Å². The molecule has 5 nitrogen and oxygen atoms in total. The highest BCUT2D eigenvalue weighted by Crippen LogP contribution is 2.28. The van der Waals surface area contributed by atoms with E-state index in [0.29, 0.717) is 27.5 Å². The van der Waals surface area contributed by atoms with Gasteiger partial charge in [-0.25, -0.2) is 14.1 Å². The van der Waals surface area contributed by atoms with Gasteiger partial charge in [-0.15, -0.1) is 11.3 Å². The van der Waals surface area contributed by atoms with Crippen LogP contribution in [-0.4, -0.2) is 15.4 Å². The highest BCUT2D eigenvalue weighted by molar-refractivity contribution is 7.07. The Kier molecular flexibility index (Phi) is 5.01. The Morgan fingerprint density at radius 1 is 1.06 bits per heavy atom. The summed E-state index contributed by atoms with van der Waals surface area (Å²) in [5, 5.41) is 7.74. The summed E-state index contributed by atoms with van der Waals surface area (Å²) in [6.07, 6.45) is 3.39. The van der Waals surface area contributed by atoms with Crippen molar-refractivity contribution in [3.8, 4) is 11.5 Å². The standard InChI is InChI=1S/C24H17FN4OS/c1-16(17-7-4-8-19(25)12-17)28-29-21(23-13-18-6-2-3-10-22(18)30-23)15-31-24(29)27-20-9-5-11-26-14-20/h2-15H,1H3. The third-order valence-electron chi connectivity index (χ3n) is 4.73. The van der Waals surface area contributed by atoms with E-state index in [4.69, 9.17) is 14.5 Å². The van der Waals surface area contributed by atoms with Gasteiger partial charge < -0.3 is 4.42 Å². The highest BCUT2D eigenvalue weighted by atomic mass is 32.1. The van der Waals surface area contributed by atoms with Crippen LogP contribution < -0.4 is 4.80 Å². The molecule has 3 aromatic heterocycles.